The molecule has 2 atom stereocenters. The van der Waals surface area contributed by atoms with E-state index in [0.717, 1.165) is 16.7 Å². The lowest BCUT2D eigenvalue weighted by Crippen LogP contribution is -2.55. The molecule has 244 valence electrons. The first-order chi connectivity index (χ1) is 21.8. The Kier molecular flexibility index (Phi) is 12.4. The third-order valence-electron chi connectivity index (χ3n) is 7.20. The van der Waals surface area contributed by atoms with Gasteiger partial charge < -0.3 is 26.2 Å². The molecule has 0 radical (unpaired) electrons. The Morgan fingerprint density at radius 2 is 1.43 bits per heavy atom. The third kappa shape index (κ3) is 9.89. The van der Waals surface area contributed by atoms with Gasteiger partial charge in [-0.1, -0.05) is 84.9 Å². The number of carboxylic acids is 2. The topological polar surface area (TPSA) is 186 Å². The van der Waals surface area contributed by atoms with E-state index in [4.69, 9.17) is 21.0 Å². The van der Waals surface area contributed by atoms with Crippen molar-refractivity contribution in [2.24, 2.45) is 5.73 Å². The van der Waals surface area contributed by atoms with Crippen LogP contribution < -0.4 is 16.4 Å². The first-order valence-corrected chi connectivity index (χ1v) is 14.2. The van der Waals surface area contributed by atoms with Gasteiger partial charge in [0.15, 0.2) is 0 Å². The van der Waals surface area contributed by atoms with E-state index in [0.29, 0.717) is 24.9 Å². The van der Waals surface area contributed by atoms with Crippen LogP contribution in [0.4, 0.5) is 13.2 Å². The molecule has 1 fully saturated rings. The molecule has 1 heterocycles. The Labute approximate surface area is 262 Å². The van der Waals surface area contributed by atoms with Gasteiger partial charge in [-0.05, 0) is 29.5 Å². The lowest BCUT2D eigenvalue weighted by atomic mass is 9.84. The smallest absolute Gasteiger partial charge is 0.480 e. The SMILES string of the molecule is N=C(N)c1ccc(CNC(=O)[C@@H]2CCCN2C(=O)[C@H](NCC(=O)O)C(c2ccccc2)c2ccccc2)cc1.O=C(O)C(F)(F)F. The zero-order valence-corrected chi connectivity index (χ0v) is 24.5. The number of benzene rings is 3. The minimum absolute atomic E-state index is 0.0268. The average molecular weight is 642 g/mol. The lowest BCUT2D eigenvalue weighted by molar-refractivity contribution is -0.192. The molecule has 3 aromatic rings. The van der Waals surface area contributed by atoms with Crippen LogP contribution in [0.1, 0.15) is 41.0 Å². The summed E-state index contributed by atoms with van der Waals surface area (Å²) in [7, 11) is 0. The van der Waals surface area contributed by atoms with Gasteiger partial charge in [0.05, 0.1) is 12.6 Å². The molecule has 1 aliphatic rings. The number of nitrogen functional groups attached to an aromatic ring is 1. The van der Waals surface area contributed by atoms with Crippen molar-refractivity contribution in [2.45, 2.75) is 43.6 Å². The van der Waals surface area contributed by atoms with Gasteiger partial charge in [-0.25, -0.2) is 4.79 Å². The van der Waals surface area contributed by atoms with Gasteiger partial charge >= 0.3 is 18.1 Å². The monoisotopic (exact) mass is 641 g/mol. The number of carboxylic acid groups (broad SMARTS) is 2. The molecule has 1 saturated heterocycles. The van der Waals surface area contributed by atoms with Gasteiger partial charge in [-0.2, -0.15) is 13.2 Å². The molecule has 46 heavy (non-hydrogen) atoms. The summed E-state index contributed by atoms with van der Waals surface area (Å²) in [6.07, 6.45) is -3.89. The van der Waals surface area contributed by atoms with Gasteiger partial charge in [-0.15, -0.1) is 0 Å². The standard InChI is InChI=1S/C30H33N5O4.C2HF3O2/c31-28(32)23-15-13-20(14-16-23)18-34-29(38)24-12-7-17-35(24)30(39)27(33-19-25(36)37)26(21-8-3-1-4-9-21)22-10-5-2-6-11-22;3-2(4,5)1(6)7/h1-6,8-11,13-16,24,26-27,33H,7,12,17-19H2,(H3,31,32)(H,34,38)(H,36,37);(H,6,7)/t24-,27+;/m0./s1. The van der Waals surface area contributed by atoms with E-state index in [1.165, 1.54) is 0 Å². The number of carbonyl (C=O) groups is 4. The molecule has 0 aliphatic carbocycles. The van der Waals surface area contributed by atoms with E-state index in [2.05, 4.69) is 10.6 Å². The zero-order chi connectivity index (χ0) is 33.9. The summed E-state index contributed by atoms with van der Waals surface area (Å²) in [6.45, 7) is 0.284. The zero-order valence-electron chi connectivity index (χ0n) is 24.5. The molecule has 4 rings (SSSR count). The van der Waals surface area contributed by atoms with E-state index >= 15 is 0 Å². The van der Waals surface area contributed by atoms with Crippen LogP contribution in [-0.2, 0) is 25.7 Å². The molecule has 0 aromatic heterocycles. The molecule has 0 spiro atoms. The number of nitrogens with zero attached hydrogens (tertiary/aromatic N) is 1. The lowest BCUT2D eigenvalue weighted by Gasteiger charge is -2.33. The van der Waals surface area contributed by atoms with E-state index in [-0.39, 0.29) is 24.2 Å². The average Bonchev–Trinajstić information content (AvgIpc) is 3.53. The second kappa shape index (κ2) is 16.2. The predicted octanol–water partition coefficient (Wildman–Crippen LogP) is 3.09. The summed E-state index contributed by atoms with van der Waals surface area (Å²) in [4.78, 5) is 49.3. The van der Waals surface area contributed by atoms with Gasteiger partial charge in [0.1, 0.15) is 11.9 Å². The predicted molar refractivity (Wildman–Crippen MR) is 162 cm³/mol. The number of halogens is 3. The van der Waals surface area contributed by atoms with Crippen LogP contribution in [0.25, 0.3) is 0 Å². The normalized spacial score (nSPS) is 15.0. The van der Waals surface area contributed by atoms with Crippen LogP contribution in [0.5, 0.6) is 0 Å². The summed E-state index contributed by atoms with van der Waals surface area (Å²) in [5, 5.41) is 30.0. The van der Waals surface area contributed by atoms with Gasteiger partial charge in [0.25, 0.3) is 0 Å². The van der Waals surface area contributed by atoms with Crippen LogP contribution >= 0.6 is 0 Å². The van der Waals surface area contributed by atoms with Crippen LogP contribution in [0.15, 0.2) is 84.9 Å². The number of amidine groups is 1. The molecule has 11 nitrogen and oxygen atoms in total. The Balaban J connectivity index is 0.000000738. The number of hydrogen-bond donors (Lipinski definition) is 6. The van der Waals surface area contributed by atoms with E-state index in [1.807, 2.05) is 60.7 Å². The Morgan fingerprint density at radius 3 is 1.89 bits per heavy atom. The van der Waals surface area contributed by atoms with Crippen molar-refractivity contribution in [1.82, 2.24) is 15.5 Å². The maximum absolute atomic E-state index is 14.1. The number of nitrogens with one attached hydrogen (secondary N) is 3. The van der Waals surface area contributed by atoms with Crippen molar-refractivity contribution >= 4 is 29.6 Å². The summed E-state index contributed by atoms with van der Waals surface area (Å²) >= 11 is 0. The number of likely N-dealkylation sites (tertiary alicyclic amines) is 1. The molecular formula is C32H34F3N5O6. The number of alkyl halides is 3. The highest BCUT2D eigenvalue weighted by molar-refractivity contribution is 5.95. The second-order valence-electron chi connectivity index (χ2n) is 10.4. The molecule has 7 N–H and O–H groups in total. The van der Waals surface area contributed by atoms with Crippen molar-refractivity contribution in [1.29, 1.82) is 5.41 Å². The van der Waals surface area contributed by atoms with E-state index in [9.17, 15) is 32.7 Å². The number of aliphatic carboxylic acids is 2. The quantitative estimate of drug-likeness (QED) is 0.136. The summed E-state index contributed by atoms with van der Waals surface area (Å²) < 4.78 is 31.7. The minimum Gasteiger partial charge on any atom is -0.480 e. The molecule has 2 amide bonds. The highest BCUT2D eigenvalue weighted by atomic mass is 19.4. The van der Waals surface area contributed by atoms with Crippen LogP contribution in [0.2, 0.25) is 0 Å². The first kappa shape index (κ1) is 35.2. The van der Waals surface area contributed by atoms with E-state index in [1.54, 1.807) is 29.2 Å². The van der Waals surface area contributed by atoms with Gasteiger partial charge in [0, 0.05) is 24.6 Å². The second-order valence-corrected chi connectivity index (χ2v) is 10.4. The summed E-state index contributed by atoms with van der Waals surface area (Å²) in [5.74, 6) is -4.88. The minimum atomic E-state index is -5.08. The van der Waals surface area contributed by atoms with Gasteiger partial charge in [0.2, 0.25) is 11.8 Å². The molecule has 0 bridgehead atoms. The first-order valence-electron chi connectivity index (χ1n) is 14.2. The molecule has 0 saturated carbocycles. The van der Waals surface area contributed by atoms with Crippen molar-refractivity contribution in [2.75, 3.05) is 13.1 Å². The number of carbonyl (C=O) groups excluding carboxylic acids is 2. The third-order valence-corrected chi connectivity index (χ3v) is 7.20. The fourth-order valence-electron chi connectivity index (χ4n) is 5.03. The van der Waals surface area contributed by atoms with Crippen molar-refractivity contribution in [3.63, 3.8) is 0 Å². The fourth-order valence-corrected chi connectivity index (χ4v) is 5.03. The number of rotatable bonds is 11. The maximum atomic E-state index is 14.1. The summed E-state index contributed by atoms with van der Waals surface area (Å²) in [5.41, 5.74) is 8.69. The van der Waals surface area contributed by atoms with Crippen molar-refractivity contribution in [3.8, 4) is 0 Å². The molecule has 14 heteroatoms. The molecule has 0 unspecified atom stereocenters. The maximum Gasteiger partial charge on any atom is 0.490 e. The molecule has 1 aliphatic heterocycles. The van der Waals surface area contributed by atoms with Crippen molar-refractivity contribution in [3.05, 3.63) is 107 Å². The highest BCUT2D eigenvalue weighted by Gasteiger charge is 2.41. The van der Waals surface area contributed by atoms with Crippen molar-refractivity contribution < 1.29 is 42.6 Å². The van der Waals surface area contributed by atoms with Crippen LogP contribution in [0, 0.1) is 5.41 Å². The van der Waals surface area contributed by atoms with Gasteiger partial charge in [-0.3, -0.25) is 25.1 Å². The number of hydrogen-bond acceptors (Lipinski definition) is 6. The van der Waals surface area contributed by atoms with Crippen LogP contribution in [0.3, 0.4) is 0 Å². The Morgan fingerprint density at radius 1 is 0.913 bits per heavy atom. The number of amides is 2. The Hall–Kier alpha value is -5.24. The fraction of sp³-hybridized carbons (Fsp3) is 0.281. The Bertz CT molecular complexity index is 1460. The molecule has 3 aromatic carbocycles. The van der Waals surface area contributed by atoms with E-state index < -0.39 is 42.7 Å². The number of nitrogens with two attached hydrogens (primary N) is 1. The largest absolute Gasteiger partial charge is 0.490 e. The van der Waals surface area contributed by atoms with Crippen LogP contribution in [-0.4, -0.2) is 76.1 Å². The highest BCUT2D eigenvalue weighted by Crippen LogP contribution is 2.31. The summed E-state index contributed by atoms with van der Waals surface area (Å²) in [6, 6.07) is 24.5. The molecular weight excluding hydrogens is 607 g/mol.